The molecule has 4 rings (SSSR count). The van der Waals surface area contributed by atoms with Crippen molar-refractivity contribution in [3.63, 3.8) is 0 Å². The van der Waals surface area contributed by atoms with E-state index in [0.29, 0.717) is 24.3 Å². The minimum Gasteiger partial charge on any atom is -0.349 e. The first kappa shape index (κ1) is 23.7. The molecule has 10 heteroatoms. The second-order valence-corrected chi connectivity index (χ2v) is 8.49. The number of benzene rings is 2. The lowest BCUT2D eigenvalue weighted by Gasteiger charge is -2.34. The van der Waals surface area contributed by atoms with Gasteiger partial charge in [0.2, 0.25) is 5.91 Å². The van der Waals surface area contributed by atoms with Crippen molar-refractivity contribution in [3.05, 3.63) is 65.2 Å². The Labute approximate surface area is 194 Å². The van der Waals surface area contributed by atoms with E-state index in [1.165, 1.54) is 23.1 Å². The van der Waals surface area contributed by atoms with E-state index in [-0.39, 0.29) is 43.1 Å². The van der Waals surface area contributed by atoms with Gasteiger partial charge < -0.3 is 15.5 Å². The monoisotopic (exact) mass is 474 g/mol. The van der Waals surface area contributed by atoms with Crippen molar-refractivity contribution in [1.29, 1.82) is 0 Å². The van der Waals surface area contributed by atoms with E-state index in [2.05, 4.69) is 10.6 Å². The van der Waals surface area contributed by atoms with Gasteiger partial charge in [-0.3, -0.25) is 19.3 Å². The molecular formula is C24H25F3N4O3. The van der Waals surface area contributed by atoms with Crippen molar-refractivity contribution in [2.75, 3.05) is 38.0 Å². The summed E-state index contributed by atoms with van der Waals surface area (Å²) in [5, 5.41) is 5.67. The molecule has 1 saturated heterocycles. The number of piperazine rings is 1. The number of carbonyl (C=O) groups excluding carboxylic acids is 3. The van der Waals surface area contributed by atoms with E-state index in [4.69, 9.17) is 0 Å². The van der Waals surface area contributed by atoms with E-state index in [9.17, 15) is 27.6 Å². The van der Waals surface area contributed by atoms with Crippen LogP contribution < -0.4 is 10.6 Å². The van der Waals surface area contributed by atoms with E-state index in [1.54, 1.807) is 24.3 Å². The molecule has 1 aliphatic heterocycles. The van der Waals surface area contributed by atoms with Crippen LogP contribution in [0.15, 0.2) is 48.5 Å². The summed E-state index contributed by atoms with van der Waals surface area (Å²) in [5.74, 6) is -1.12. The lowest BCUT2D eigenvalue weighted by atomic mass is 10.1. The van der Waals surface area contributed by atoms with Crippen LogP contribution in [0.3, 0.4) is 0 Å². The number of amides is 3. The highest BCUT2D eigenvalue weighted by molar-refractivity contribution is 5.98. The second kappa shape index (κ2) is 9.84. The van der Waals surface area contributed by atoms with E-state index >= 15 is 0 Å². The average molecular weight is 474 g/mol. The molecule has 2 aromatic rings. The van der Waals surface area contributed by atoms with Crippen LogP contribution in [0.25, 0.3) is 0 Å². The Bertz CT molecular complexity index is 1080. The van der Waals surface area contributed by atoms with Gasteiger partial charge in [-0.05, 0) is 43.2 Å². The van der Waals surface area contributed by atoms with Gasteiger partial charge in [0.05, 0.1) is 17.7 Å². The molecule has 2 aliphatic rings. The average Bonchev–Trinajstić information content (AvgIpc) is 3.62. The largest absolute Gasteiger partial charge is 0.417 e. The molecule has 0 unspecified atom stereocenters. The standard InChI is InChI=1S/C24H25F3N4O3/c25-24(26,27)20-7-2-1-6-19(20)23(34)31-12-10-30(11-13-31)15-21(32)28-18-5-3-4-16(14-18)22(33)29-17-8-9-17/h1-7,14,17H,8-13,15H2,(H,28,32)(H,29,33). The molecule has 0 spiro atoms. The second-order valence-electron chi connectivity index (χ2n) is 8.49. The number of nitrogens with zero attached hydrogens (tertiary/aromatic N) is 2. The normalized spacial score (nSPS) is 16.7. The summed E-state index contributed by atoms with van der Waals surface area (Å²) in [5.41, 5.74) is -0.344. The van der Waals surface area contributed by atoms with Gasteiger partial charge in [-0.1, -0.05) is 18.2 Å². The van der Waals surface area contributed by atoms with Crippen LogP contribution in [0.1, 0.15) is 39.1 Å². The highest BCUT2D eigenvalue weighted by atomic mass is 19.4. The predicted molar refractivity (Wildman–Crippen MR) is 119 cm³/mol. The van der Waals surface area contributed by atoms with Crippen molar-refractivity contribution in [3.8, 4) is 0 Å². The van der Waals surface area contributed by atoms with Gasteiger partial charge in [0.15, 0.2) is 0 Å². The molecule has 2 fully saturated rings. The molecule has 1 heterocycles. The number of anilines is 1. The topological polar surface area (TPSA) is 81.8 Å². The van der Waals surface area contributed by atoms with E-state index in [1.807, 2.05) is 4.90 Å². The third-order valence-corrected chi connectivity index (χ3v) is 5.81. The van der Waals surface area contributed by atoms with Crippen molar-refractivity contribution in [2.45, 2.75) is 25.1 Å². The summed E-state index contributed by atoms with van der Waals surface area (Å²) < 4.78 is 39.7. The van der Waals surface area contributed by atoms with Gasteiger partial charge in [-0.2, -0.15) is 13.2 Å². The van der Waals surface area contributed by atoms with Crippen molar-refractivity contribution in [2.24, 2.45) is 0 Å². The Morgan fingerprint density at radius 3 is 2.32 bits per heavy atom. The minimum absolute atomic E-state index is 0.0691. The first-order valence-electron chi connectivity index (χ1n) is 11.1. The molecule has 1 aliphatic carbocycles. The quantitative estimate of drug-likeness (QED) is 0.675. The molecule has 0 radical (unpaired) electrons. The summed E-state index contributed by atoms with van der Waals surface area (Å²) >= 11 is 0. The highest BCUT2D eigenvalue weighted by Crippen LogP contribution is 2.32. The Balaban J connectivity index is 1.29. The molecule has 180 valence electrons. The Kier molecular flexibility index (Phi) is 6.87. The Morgan fingerprint density at radius 1 is 0.941 bits per heavy atom. The predicted octanol–water partition coefficient (Wildman–Crippen LogP) is 2.99. The lowest BCUT2D eigenvalue weighted by Crippen LogP contribution is -2.50. The number of nitrogens with one attached hydrogen (secondary N) is 2. The number of carbonyl (C=O) groups is 3. The maximum atomic E-state index is 13.2. The third kappa shape index (κ3) is 5.93. The third-order valence-electron chi connectivity index (χ3n) is 5.81. The van der Waals surface area contributed by atoms with E-state index < -0.39 is 17.6 Å². The fourth-order valence-electron chi connectivity index (χ4n) is 3.83. The van der Waals surface area contributed by atoms with Crippen LogP contribution in [0.5, 0.6) is 0 Å². The molecule has 0 atom stereocenters. The summed E-state index contributed by atoms with van der Waals surface area (Å²) in [7, 11) is 0. The molecule has 2 N–H and O–H groups in total. The van der Waals surface area contributed by atoms with E-state index in [0.717, 1.165) is 18.9 Å². The zero-order valence-corrected chi connectivity index (χ0v) is 18.4. The van der Waals surface area contributed by atoms with Crippen molar-refractivity contribution < 1.29 is 27.6 Å². The van der Waals surface area contributed by atoms with Gasteiger partial charge in [-0.15, -0.1) is 0 Å². The molecule has 34 heavy (non-hydrogen) atoms. The molecule has 1 saturated carbocycles. The van der Waals surface area contributed by atoms with Gasteiger partial charge in [0.25, 0.3) is 11.8 Å². The van der Waals surface area contributed by atoms with Crippen LogP contribution in [0, 0.1) is 0 Å². The Morgan fingerprint density at radius 2 is 1.65 bits per heavy atom. The molecule has 2 aromatic carbocycles. The summed E-state index contributed by atoms with van der Waals surface area (Å²) in [6, 6.07) is 11.7. The molecule has 0 bridgehead atoms. The maximum absolute atomic E-state index is 13.2. The van der Waals surface area contributed by atoms with Crippen molar-refractivity contribution >= 4 is 23.4 Å². The van der Waals surface area contributed by atoms with Gasteiger partial charge in [0.1, 0.15) is 0 Å². The molecular weight excluding hydrogens is 449 g/mol. The summed E-state index contributed by atoms with van der Waals surface area (Å²) in [6.07, 6.45) is -2.65. The first-order chi connectivity index (χ1) is 16.2. The summed E-state index contributed by atoms with van der Waals surface area (Å²) in [6.45, 7) is 1.22. The number of rotatable bonds is 6. The number of hydrogen-bond acceptors (Lipinski definition) is 4. The van der Waals surface area contributed by atoms with Gasteiger partial charge >= 0.3 is 6.18 Å². The number of hydrogen-bond donors (Lipinski definition) is 2. The van der Waals surface area contributed by atoms with Crippen LogP contribution in [0.4, 0.5) is 18.9 Å². The molecule has 3 amide bonds. The van der Waals surface area contributed by atoms with Gasteiger partial charge in [-0.25, -0.2) is 0 Å². The number of alkyl halides is 3. The summed E-state index contributed by atoms with van der Waals surface area (Å²) in [4.78, 5) is 40.6. The lowest BCUT2D eigenvalue weighted by molar-refractivity contribution is -0.138. The minimum atomic E-state index is -4.61. The fourth-order valence-corrected chi connectivity index (χ4v) is 3.83. The van der Waals surface area contributed by atoms with Crippen LogP contribution in [-0.2, 0) is 11.0 Å². The van der Waals surface area contributed by atoms with Crippen LogP contribution in [0.2, 0.25) is 0 Å². The zero-order chi connectivity index (χ0) is 24.3. The first-order valence-corrected chi connectivity index (χ1v) is 11.1. The molecule has 0 aromatic heterocycles. The molecule has 7 nitrogen and oxygen atoms in total. The van der Waals surface area contributed by atoms with Crippen LogP contribution >= 0.6 is 0 Å². The smallest absolute Gasteiger partial charge is 0.349 e. The SMILES string of the molecule is O=C(CN1CCN(C(=O)c2ccccc2C(F)(F)F)CC1)Nc1cccc(C(=O)NC2CC2)c1. The highest BCUT2D eigenvalue weighted by Gasteiger charge is 2.36. The number of halogens is 3. The van der Waals surface area contributed by atoms with Crippen molar-refractivity contribution in [1.82, 2.24) is 15.1 Å². The van der Waals surface area contributed by atoms with Crippen LogP contribution in [-0.4, -0.2) is 66.3 Å². The fraction of sp³-hybridized carbons (Fsp3) is 0.375. The Hall–Kier alpha value is -3.40. The van der Waals surface area contributed by atoms with Gasteiger partial charge in [0, 0.05) is 43.5 Å². The zero-order valence-electron chi connectivity index (χ0n) is 18.4. The maximum Gasteiger partial charge on any atom is 0.417 e.